The molecule has 2 nitrogen and oxygen atoms in total. The van der Waals surface area contributed by atoms with Crippen molar-refractivity contribution in [2.45, 2.75) is 39.3 Å². The van der Waals surface area contributed by atoms with Crippen molar-refractivity contribution in [1.29, 1.82) is 0 Å². The van der Waals surface area contributed by atoms with Crippen LogP contribution in [0.3, 0.4) is 0 Å². The maximum Gasteiger partial charge on any atom is 0.0515 e. The maximum atomic E-state index is 9.30. The van der Waals surface area contributed by atoms with Crippen LogP contribution in [-0.4, -0.2) is 17.8 Å². The fraction of sp³-hybridized carbons (Fsp3) is 0.571. The van der Waals surface area contributed by atoms with Crippen molar-refractivity contribution in [2.24, 2.45) is 5.92 Å². The topological polar surface area (TPSA) is 32.3 Å². The van der Waals surface area contributed by atoms with Gasteiger partial charge in [-0.15, -0.1) is 0 Å². The Morgan fingerprint density at radius 1 is 1.24 bits per heavy atom. The summed E-state index contributed by atoms with van der Waals surface area (Å²) in [6.07, 6.45) is 0.588. The van der Waals surface area contributed by atoms with Gasteiger partial charge in [-0.05, 0) is 44.4 Å². The first-order chi connectivity index (χ1) is 8.00. The second-order valence-electron chi connectivity index (χ2n) is 4.84. The first kappa shape index (κ1) is 14.5. The SMILES string of the molecule is CC(O)CC(C)CNC(C)c1ccccc1Cl. The minimum atomic E-state index is -0.234. The highest BCUT2D eigenvalue weighted by molar-refractivity contribution is 6.31. The Hall–Kier alpha value is -0.570. The summed E-state index contributed by atoms with van der Waals surface area (Å²) < 4.78 is 0. The van der Waals surface area contributed by atoms with Gasteiger partial charge in [-0.1, -0.05) is 36.7 Å². The van der Waals surface area contributed by atoms with Gasteiger partial charge in [-0.25, -0.2) is 0 Å². The Morgan fingerprint density at radius 2 is 1.88 bits per heavy atom. The molecule has 0 heterocycles. The number of nitrogens with one attached hydrogen (secondary N) is 1. The zero-order chi connectivity index (χ0) is 12.8. The third-order valence-corrected chi connectivity index (χ3v) is 3.23. The predicted molar refractivity (Wildman–Crippen MR) is 73.3 cm³/mol. The molecule has 17 heavy (non-hydrogen) atoms. The molecule has 0 radical (unpaired) electrons. The number of hydrogen-bond acceptors (Lipinski definition) is 2. The van der Waals surface area contributed by atoms with Crippen LogP contribution in [0.2, 0.25) is 5.02 Å². The van der Waals surface area contributed by atoms with Gasteiger partial charge in [0.05, 0.1) is 6.10 Å². The molecule has 0 saturated carbocycles. The van der Waals surface area contributed by atoms with E-state index >= 15 is 0 Å². The van der Waals surface area contributed by atoms with Gasteiger partial charge in [0.25, 0.3) is 0 Å². The van der Waals surface area contributed by atoms with Crippen LogP contribution in [0.15, 0.2) is 24.3 Å². The highest BCUT2D eigenvalue weighted by Gasteiger charge is 2.11. The summed E-state index contributed by atoms with van der Waals surface area (Å²) in [5, 5.41) is 13.6. The van der Waals surface area contributed by atoms with E-state index in [0.717, 1.165) is 23.6 Å². The number of benzene rings is 1. The van der Waals surface area contributed by atoms with Crippen LogP contribution < -0.4 is 5.32 Å². The smallest absolute Gasteiger partial charge is 0.0515 e. The second-order valence-corrected chi connectivity index (χ2v) is 5.25. The fourth-order valence-electron chi connectivity index (χ4n) is 1.98. The molecule has 0 saturated heterocycles. The van der Waals surface area contributed by atoms with Crippen molar-refractivity contribution < 1.29 is 5.11 Å². The molecular formula is C14H22ClNO. The molecule has 0 amide bonds. The zero-order valence-corrected chi connectivity index (χ0v) is 11.5. The van der Waals surface area contributed by atoms with Crippen molar-refractivity contribution in [3.63, 3.8) is 0 Å². The summed E-state index contributed by atoms with van der Waals surface area (Å²) in [6.45, 7) is 6.96. The van der Waals surface area contributed by atoms with E-state index in [-0.39, 0.29) is 12.1 Å². The summed E-state index contributed by atoms with van der Waals surface area (Å²) in [6, 6.07) is 8.13. The Balaban J connectivity index is 2.45. The van der Waals surface area contributed by atoms with E-state index < -0.39 is 0 Å². The van der Waals surface area contributed by atoms with Crippen LogP contribution in [0.5, 0.6) is 0 Å². The molecule has 0 spiro atoms. The lowest BCUT2D eigenvalue weighted by Gasteiger charge is -2.19. The van der Waals surface area contributed by atoms with Gasteiger partial charge < -0.3 is 10.4 Å². The molecule has 3 atom stereocenters. The Morgan fingerprint density at radius 3 is 2.47 bits per heavy atom. The highest BCUT2D eigenvalue weighted by Crippen LogP contribution is 2.22. The van der Waals surface area contributed by atoms with Crippen LogP contribution in [0.4, 0.5) is 0 Å². The van der Waals surface area contributed by atoms with Crippen molar-refractivity contribution >= 4 is 11.6 Å². The van der Waals surface area contributed by atoms with Crippen molar-refractivity contribution in [1.82, 2.24) is 5.32 Å². The molecule has 0 aromatic heterocycles. The Kier molecular flexibility index (Phi) is 5.96. The average Bonchev–Trinajstić information content (AvgIpc) is 2.25. The number of aliphatic hydroxyl groups excluding tert-OH is 1. The Labute approximate surface area is 109 Å². The summed E-state index contributed by atoms with van der Waals surface area (Å²) in [5.74, 6) is 0.458. The molecule has 0 bridgehead atoms. The molecule has 0 aliphatic carbocycles. The summed E-state index contributed by atoms with van der Waals surface area (Å²) >= 11 is 6.14. The van der Waals surface area contributed by atoms with Gasteiger partial charge in [0.15, 0.2) is 0 Å². The monoisotopic (exact) mass is 255 g/mol. The number of halogens is 1. The van der Waals surface area contributed by atoms with Crippen LogP contribution in [0, 0.1) is 5.92 Å². The molecule has 0 fully saturated rings. The molecule has 1 aromatic rings. The van der Waals surface area contributed by atoms with Crippen LogP contribution in [-0.2, 0) is 0 Å². The van der Waals surface area contributed by atoms with Gasteiger partial charge >= 0.3 is 0 Å². The number of aliphatic hydroxyl groups is 1. The standard InChI is InChI=1S/C14H22ClNO/c1-10(8-11(2)17)9-16-12(3)13-6-4-5-7-14(13)15/h4-7,10-12,16-17H,8-9H2,1-3H3. The van der Waals surface area contributed by atoms with E-state index in [4.69, 9.17) is 11.6 Å². The molecule has 3 heteroatoms. The fourth-order valence-corrected chi connectivity index (χ4v) is 2.28. The summed E-state index contributed by atoms with van der Waals surface area (Å²) in [4.78, 5) is 0. The molecule has 2 N–H and O–H groups in total. The van der Waals surface area contributed by atoms with Gasteiger partial charge in [-0.3, -0.25) is 0 Å². The molecule has 1 aromatic carbocycles. The van der Waals surface area contributed by atoms with Gasteiger partial charge in [0.2, 0.25) is 0 Å². The molecule has 0 aliphatic rings. The minimum Gasteiger partial charge on any atom is -0.393 e. The normalized spacial score (nSPS) is 16.5. The van der Waals surface area contributed by atoms with E-state index in [0.29, 0.717) is 5.92 Å². The van der Waals surface area contributed by atoms with Crippen molar-refractivity contribution in [2.75, 3.05) is 6.54 Å². The number of hydrogen-bond donors (Lipinski definition) is 2. The molecular weight excluding hydrogens is 234 g/mol. The molecule has 1 rings (SSSR count). The third-order valence-electron chi connectivity index (χ3n) is 2.89. The molecule has 96 valence electrons. The molecule has 3 unspecified atom stereocenters. The summed E-state index contributed by atoms with van der Waals surface area (Å²) in [7, 11) is 0. The van der Waals surface area contributed by atoms with Crippen LogP contribution in [0.25, 0.3) is 0 Å². The van der Waals surface area contributed by atoms with E-state index in [1.807, 2.05) is 31.2 Å². The summed E-state index contributed by atoms with van der Waals surface area (Å²) in [5.41, 5.74) is 1.12. The van der Waals surface area contributed by atoms with Gasteiger partial charge in [-0.2, -0.15) is 0 Å². The number of rotatable bonds is 6. The van der Waals surface area contributed by atoms with Crippen LogP contribution >= 0.6 is 11.6 Å². The quantitative estimate of drug-likeness (QED) is 0.817. The first-order valence-electron chi connectivity index (χ1n) is 6.16. The minimum absolute atomic E-state index is 0.234. The zero-order valence-electron chi connectivity index (χ0n) is 10.8. The van der Waals surface area contributed by atoms with Gasteiger partial charge in [0, 0.05) is 11.1 Å². The van der Waals surface area contributed by atoms with Crippen LogP contribution in [0.1, 0.15) is 38.8 Å². The van der Waals surface area contributed by atoms with Crippen molar-refractivity contribution in [3.8, 4) is 0 Å². The predicted octanol–water partition coefficient (Wildman–Crippen LogP) is 3.40. The Bertz CT molecular complexity index is 341. The lowest BCUT2D eigenvalue weighted by Crippen LogP contribution is -2.26. The first-order valence-corrected chi connectivity index (χ1v) is 6.54. The van der Waals surface area contributed by atoms with Gasteiger partial charge in [0.1, 0.15) is 0 Å². The van der Waals surface area contributed by atoms with E-state index in [1.165, 1.54) is 0 Å². The molecule has 0 aliphatic heterocycles. The third kappa shape index (κ3) is 5.07. The lowest BCUT2D eigenvalue weighted by atomic mass is 10.0. The second kappa shape index (κ2) is 7.00. The van der Waals surface area contributed by atoms with Crippen molar-refractivity contribution in [3.05, 3.63) is 34.9 Å². The maximum absolute atomic E-state index is 9.30. The van der Waals surface area contributed by atoms with E-state index in [1.54, 1.807) is 0 Å². The lowest BCUT2D eigenvalue weighted by molar-refractivity contribution is 0.162. The highest BCUT2D eigenvalue weighted by atomic mass is 35.5. The average molecular weight is 256 g/mol. The largest absolute Gasteiger partial charge is 0.393 e. The van der Waals surface area contributed by atoms with E-state index in [9.17, 15) is 5.11 Å². The van der Waals surface area contributed by atoms with E-state index in [2.05, 4.69) is 19.2 Å².